The average Bonchev–Trinajstić information content (AvgIpc) is 2.39. The molecule has 2 rings (SSSR count). The van der Waals surface area contributed by atoms with Crippen molar-refractivity contribution in [2.24, 2.45) is 5.92 Å². The van der Waals surface area contributed by atoms with Crippen LogP contribution in [0.4, 0.5) is 11.5 Å². The van der Waals surface area contributed by atoms with E-state index in [1.165, 1.54) is 30.7 Å². The molecule has 0 unspecified atom stereocenters. The number of nitrogens with zero attached hydrogens (tertiary/aromatic N) is 2. The summed E-state index contributed by atoms with van der Waals surface area (Å²) in [6.45, 7) is 0.922. The number of nitrogens with two attached hydrogens (primary N) is 1. The smallest absolute Gasteiger partial charge is 0.242 e. The van der Waals surface area contributed by atoms with Crippen molar-refractivity contribution in [1.29, 1.82) is 0 Å². The number of anilines is 2. The summed E-state index contributed by atoms with van der Waals surface area (Å²) in [6.07, 6.45) is 3.99. The Bertz CT molecular complexity index is 368. The first-order valence-electron chi connectivity index (χ1n) is 5.77. The average molecular weight is 254 g/mol. The van der Waals surface area contributed by atoms with Crippen LogP contribution in [-0.4, -0.2) is 35.1 Å². The number of rotatable bonds is 4. The highest BCUT2D eigenvalue weighted by Crippen LogP contribution is 2.26. The SMILES string of the molecule is COc1ncnc(NCC2CCSCC2)c1N. The third-order valence-corrected chi connectivity index (χ3v) is 3.99. The minimum atomic E-state index is 0.432. The number of hydrogen-bond acceptors (Lipinski definition) is 6. The predicted octanol–water partition coefficient (Wildman–Crippen LogP) is 1.62. The Kier molecular flexibility index (Phi) is 4.30. The molecule has 0 bridgehead atoms. The van der Waals surface area contributed by atoms with Crippen molar-refractivity contribution >= 4 is 23.3 Å². The van der Waals surface area contributed by atoms with E-state index < -0.39 is 0 Å². The molecular weight excluding hydrogens is 236 g/mol. The van der Waals surface area contributed by atoms with Gasteiger partial charge in [-0.25, -0.2) is 4.98 Å². The van der Waals surface area contributed by atoms with Gasteiger partial charge in [0, 0.05) is 6.54 Å². The van der Waals surface area contributed by atoms with E-state index in [2.05, 4.69) is 15.3 Å². The van der Waals surface area contributed by atoms with Gasteiger partial charge >= 0.3 is 0 Å². The van der Waals surface area contributed by atoms with Crippen LogP contribution in [0, 0.1) is 5.92 Å². The van der Waals surface area contributed by atoms with Crippen molar-refractivity contribution in [2.45, 2.75) is 12.8 Å². The number of hydrogen-bond donors (Lipinski definition) is 2. The van der Waals surface area contributed by atoms with Crippen LogP contribution in [0.15, 0.2) is 6.33 Å². The molecule has 0 saturated carbocycles. The lowest BCUT2D eigenvalue weighted by molar-refractivity contribution is 0.399. The normalized spacial score (nSPS) is 16.8. The van der Waals surface area contributed by atoms with E-state index in [4.69, 9.17) is 10.5 Å². The largest absolute Gasteiger partial charge is 0.479 e. The zero-order chi connectivity index (χ0) is 12.1. The van der Waals surface area contributed by atoms with Gasteiger partial charge in [-0.1, -0.05) is 0 Å². The zero-order valence-corrected chi connectivity index (χ0v) is 10.8. The number of ether oxygens (including phenoxy) is 1. The van der Waals surface area contributed by atoms with Gasteiger partial charge in [-0.05, 0) is 30.3 Å². The Labute approximate surface area is 106 Å². The molecular formula is C11H18N4OS. The fraction of sp³-hybridized carbons (Fsp3) is 0.636. The maximum Gasteiger partial charge on any atom is 0.242 e. The molecule has 3 N–H and O–H groups in total. The van der Waals surface area contributed by atoms with Crippen molar-refractivity contribution in [2.75, 3.05) is 36.2 Å². The molecule has 1 aliphatic heterocycles. The Balaban J connectivity index is 1.93. The van der Waals surface area contributed by atoms with Crippen molar-refractivity contribution in [3.63, 3.8) is 0 Å². The number of nitrogens with one attached hydrogen (secondary N) is 1. The van der Waals surface area contributed by atoms with Gasteiger partial charge in [0.25, 0.3) is 0 Å². The third kappa shape index (κ3) is 3.15. The molecule has 1 aliphatic rings. The fourth-order valence-electron chi connectivity index (χ4n) is 1.87. The Hall–Kier alpha value is -1.17. The van der Waals surface area contributed by atoms with Crippen molar-refractivity contribution in [3.05, 3.63) is 6.33 Å². The van der Waals surface area contributed by atoms with Gasteiger partial charge in [-0.15, -0.1) is 0 Å². The summed E-state index contributed by atoms with van der Waals surface area (Å²) in [6, 6.07) is 0. The molecule has 17 heavy (non-hydrogen) atoms. The highest BCUT2D eigenvalue weighted by molar-refractivity contribution is 7.99. The van der Waals surface area contributed by atoms with Gasteiger partial charge in [0.1, 0.15) is 12.0 Å². The van der Waals surface area contributed by atoms with E-state index in [0.29, 0.717) is 17.4 Å². The van der Waals surface area contributed by atoms with Crippen LogP contribution in [0.5, 0.6) is 5.88 Å². The minimum absolute atomic E-state index is 0.432. The maximum atomic E-state index is 5.89. The van der Waals surface area contributed by atoms with Crippen LogP contribution in [0.3, 0.4) is 0 Å². The molecule has 2 heterocycles. The summed E-state index contributed by atoms with van der Waals surface area (Å²) in [4.78, 5) is 8.09. The summed E-state index contributed by atoms with van der Waals surface area (Å²) in [5.41, 5.74) is 6.38. The highest BCUT2D eigenvalue weighted by atomic mass is 32.2. The zero-order valence-electron chi connectivity index (χ0n) is 9.98. The molecule has 0 spiro atoms. The number of nitrogen functional groups attached to an aromatic ring is 1. The van der Waals surface area contributed by atoms with Gasteiger partial charge in [0.2, 0.25) is 5.88 Å². The Morgan fingerprint density at radius 1 is 1.47 bits per heavy atom. The van der Waals surface area contributed by atoms with E-state index >= 15 is 0 Å². The number of methoxy groups -OCH3 is 1. The standard InChI is InChI=1S/C11H18N4OS/c1-16-11-9(12)10(14-7-15-11)13-6-8-2-4-17-5-3-8/h7-8H,2-6,12H2,1H3,(H,13,14,15). The summed E-state index contributed by atoms with van der Waals surface area (Å²) in [5, 5.41) is 3.29. The lowest BCUT2D eigenvalue weighted by Gasteiger charge is -2.22. The van der Waals surface area contributed by atoms with Crippen molar-refractivity contribution < 1.29 is 4.74 Å². The molecule has 0 radical (unpaired) electrons. The van der Waals surface area contributed by atoms with Crippen LogP contribution in [0.25, 0.3) is 0 Å². The van der Waals surface area contributed by atoms with Crippen molar-refractivity contribution in [1.82, 2.24) is 9.97 Å². The second kappa shape index (κ2) is 5.95. The lowest BCUT2D eigenvalue weighted by atomic mass is 10.0. The first-order chi connectivity index (χ1) is 8.31. The summed E-state index contributed by atoms with van der Waals surface area (Å²) in [7, 11) is 1.56. The lowest BCUT2D eigenvalue weighted by Crippen LogP contribution is -2.20. The number of aromatic nitrogens is 2. The number of thioether (sulfide) groups is 1. The molecule has 1 fully saturated rings. The van der Waals surface area contributed by atoms with Gasteiger partial charge in [-0.3, -0.25) is 0 Å². The minimum Gasteiger partial charge on any atom is -0.479 e. The van der Waals surface area contributed by atoms with E-state index in [-0.39, 0.29) is 0 Å². The first kappa shape index (κ1) is 12.3. The molecule has 0 aliphatic carbocycles. The molecule has 0 amide bonds. The van der Waals surface area contributed by atoms with Crippen molar-refractivity contribution in [3.8, 4) is 5.88 Å². The monoisotopic (exact) mass is 254 g/mol. The summed E-state index contributed by atoms with van der Waals surface area (Å²) >= 11 is 2.03. The molecule has 1 saturated heterocycles. The van der Waals surface area contributed by atoms with Crippen LogP contribution in [0.2, 0.25) is 0 Å². The van der Waals surface area contributed by atoms with E-state index in [1.807, 2.05) is 11.8 Å². The fourth-order valence-corrected chi connectivity index (χ4v) is 3.08. The molecule has 6 heteroatoms. The second-order valence-electron chi connectivity index (χ2n) is 4.08. The van der Waals surface area contributed by atoms with E-state index in [1.54, 1.807) is 7.11 Å². The van der Waals surface area contributed by atoms with E-state index in [9.17, 15) is 0 Å². The topological polar surface area (TPSA) is 73.1 Å². The Morgan fingerprint density at radius 2 is 2.24 bits per heavy atom. The maximum absolute atomic E-state index is 5.89. The van der Waals surface area contributed by atoms with Crippen LogP contribution in [-0.2, 0) is 0 Å². The quantitative estimate of drug-likeness (QED) is 0.850. The van der Waals surface area contributed by atoms with Crippen LogP contribution < -0.4 is 15.8 Å². The predicted molar refractivity (Wildman–Crippen MR) is 71.5 cm³/mol. The molecule has 94 valence electrons. The molecule has 1 aromatic heterocycles. The molecule has 0 atom stereocenters. The molecule has 0 aromatic carbocycles. The van der Waals surface area contributed by atoms with Gasteiger partial charge in [0.15, 0.2) is 5.82 Å². The molecule has 5 nitrogen and oxygen atoms in total. The summed E-state index contributed by atoms with van der Waals surface area (Å²) in [5.74, 6) is 4.34. The first-order valence-corrected chi connectivity index (χ1v) is 6.93. The van der Waals surface area contributed by atoms with Gasteiger partial charge in [-0.2, -0.15) is 16.7 Å². The molecule has 1 aromatic rings. The van der Waals surface area contributed by atoms with Crippen LogP contribution in [0.1, 0.15) is 12.8 Å². The van der Waals surface area contributed by atoms with Gasteiger partial charge < -0.3 is 15.8 Å². The highest BCUT2D eigenvalue weighted by Gasteiger charge is 2.15. The third-order valence-electron chi connectivity index (χ3n) is 2.94. The van der Waals surface area contributed by atoms with E-state index in [0.717, 1.165) is 12.5 Å². The van der Waals surface area contributed by atoms with Gasteiger partial charge in [0.05, 0.1) is 7.11 Å². The second-order valence-corrected chi connectivity index (χ2v) is 5.31. The van der Waals surface area contributed by atoms with Crippen LogP contribution >= 0.6 is 11.8 Å². The Morgan fingerprint density at radius 3 is 2.94 bits per heavy atom. The summed E-state index contributed by atoms with van der Waals surface area (Å²) < 4.78 is 5.06.